The Bertz CT molecular complexity index is 374. The van der Waals surface area contributed by atoms with E-state index in [0.717, 1.165) is 28.5 Å². The number of halogens is 2. The maximum absolute atomic E-state index is 6.33. The Balaban J connectivity index is 2.04. The summed E-state index contributed by atoms with van der Waals surface area (Å²) in [6.45, 7) is 1.13. The van der Waals surface area contributed by atoms with Crippen LogP contribution in [0.5, 0.6) is 0 Å². The molecule has 1 aromatic carbocycles. The average molecular weight is 317 g/mol. The molecule has 0 atom stereocenters. The summed E-state index contributed by atoms with van der Waals surface area (Å²) < 4.78 is 0. The van der Waals surface area contributed by atoms with Crippen LogP contribution in [0.15, 0.2) is 18.2 Å². The molecule has 1 aliphatic carbocycles. The number of nitrogens with zero attached hydrogens (tertiary/aromatic N) is 1. The van der Waals surface area contributed by atoms with Crippen LogP contribution < -0.4 is 4.90 Å². The maximum Gasteiger partial charge on any atom is 0.0642 e. The van der Waals surface area contributed by atoms with Crippen LogP contribution in [0.4, 0.5) is 5.69 Å². The Hall–Kier alpha value is -0.210. The number of hydrogen-bond donors (Lipinski definition) is 0. The van der Waals surface area contributed by atoms with Crippen molar-refractivity contribution >= 4 is 33.2 Å². The minimum Gasteiger partial charge on any atom is -0.373 e. The molecule has 1 fully saturated rings. The average Bonchev–Trinajstić information content (AvgIpc) is 2.81. The van der Waals surface area contributed by atoms with Gasteiger partial charge in [0.25, 0.3) is 0 Å². The molecule has 0 N–H and O–H groups in total. The van der Waals surface area contributed by atoms with Crippen molar-refractivity contribution in [2.24, 2.45) is 5.92 Å². The molecule has 0 aliphatic heterocycles. The van der Waals surface area contributed by atoms with Crippen molar-refractivity contribution in [2.75, 3.05) is 18.5 Å². The number of rotatable bonds is 4. The Morgan fingerprint density at radius 2 is 2.06 bits per heavy atom. The fraction of sp³-hybridized carbons (Fsp3) is 0.571. The van der Waals surface area contributed by atoms with Crippen LogP contribution in [0.2, 0.25) is 5.02 Å². The van der Waals surface area contributed by atoms with Crippen LogP contribution in [0.3, 0.4) is 0 Å². The molecule has 94 valence electrons. The fourth-order valence-corrected chi connectivity index (χ4v) is 3.32. The molecule has 1 aromatic rings. The van der Waals surface area contributed by atoms with Crippen LogP contribution in [0.25, 0.3) is 0 Å². The van der Waals surface area contributed by atoms with Gasteiger partial charge in [0, 0.05) is 18.9 Å². The van der Waals surface area contributed by atoms with Crippen molar-refractivity contribution < 1.29 is 0 Å². The van der Waals surface area contributed by atoms with Gasteiger partial charge in [0.1, 0.15) is 0 Å². The molecule has 0 spiro atoms. The van der Waals surface area contributed by atoms with E-state index in [0.29, 0.717) is 0 Å². The van der Waals surface area contributed by atoms with Gasteiger partial charge in [0.05, 0.1) is 10.7 Å². The van der Waals surface area contributed by atoms with Crippen LogP contribution in [-0.4, -0.2) is 13.6 Å². The first kappa shape index (κ1) is 13.2. The second-order valence-corrected chi connectivity index (χ2v) is 5.92. The molecule has 0 unspecified atom stereocenters. The van der Waals surface area contributed by atoms with Crippen molar-refractivity contribution in [2.45, 2.75) is 31.0 Å². The van der Waals surface area contributed by atoms with Crippen molar-refractivity contribution in [3.05, 3.63) is 28.8 Å². The van der Waals surface area contributed by atoms with Crippen molar-refractivity contribution in [3.63, 3.8) is 0 Å². The molecule has 3 heteroatoms. The molecule has 0 bridgehead atoms. The third-order valence-corrected chi connectivity index (χ3v) is 4.53. The molecule has 17 heavy (non-hydrogen) atoms. The lowest BCUT2D eigenvalue weighted by atomic mass is 10.1. The third-order valence-electron chi connectivity index (χ3n) is 3.58. The highest BCUT2D eigenvalue weighted by Crippen LogP contribution is 2.30. The summed E-state index contributed by atoms with van der Waals surface area (Å²) >= 11 is 9.78. The van der Waals surface area contributed by atoms with E-state index < -0.39 is 0 Å². The predicted molar refractivity (Wildman–Crippen MR) is 79.3 cm³/mol. The van der Waals surface area contributed by atoms with E-state index in [2.05, 4.69) is 46.1 Å². The van der Waals surface area contributed by atoms with E-state index in [9.17, 15) is 0 Å². The third kappa shape index (κ3) is 3.38. The van der Waals surface area contributed by atoms with Crippen LogP contribution >= 0.6 is 27.5 Å². The summed E-state index contributed by atoms with van der Waals surface area (Å²) in [5, 5.41) is 1.72. The highest BCUT2D eigenvalue weighted by Gasteiger charge is 2.18. The summed E-state index contributed by atoms with van der Waals surface area (Å²) in [6, 6.07) is 6.33. The fourth-order valence-electron chi connectivity index (χ4n) is 2.62. The zero-order valence-electron chi connectivity index (χ0n) is 10.3. The summed E-state index contributed by atoms with van der Waals surface area (Å²) in [5.74, 6) is 0.854. The quantitative estimate of drug-likeness (QED) is 0.717. The molecule has 0 aromatic heterocycles. The Labute approximate surface area is 117 Å². The zero-order valence-corrected chi connectivity index (χ0v) is 12.6. The standard InChI is InChI=1S/C14H19BrClN/c1-17(10-11-4-2-3-5-11)14-7-6-12(9-15)8-13(14)16/h6-8,11H,2-5,9-10H2,1H3. The first-order valence-corrected chi connectivity index (χ1v) is 7.76. The smallest absolute Gasteiger partial charge is 0.0642 e. The highest BCUT2D eigenvalue weighted by atomic mass is 79.9. The van der Waals surface area contributed by atoms with Gasteiger partial charge >= 0.3 is 0 Å². The van der Waals surface area contributed by atoms with Gasteiger partial charge in [0.2, 0.25) is 0 Å². The van der Waals surface area contributed by atoms with Gasteiger partial charge in [-0.2, -0.15) is 0 Å². The molecule has 2 rings (SSSR count). The zero-order chi connectivity index (χ0) is 12.3. The van der Waals surface area contributed by atoms with Gasteiger partial charge in [-0.25, -0.2) is 0 Å². The Morgan fingerprint density at radius 3 is 2.65 bits per heavy atom. The maximum atomic E-state index is 6.33. The second kappa shape index (κ2) is 6.10. The molecular weight excluding hydrogens is 298 g/mol. The van der Waals surface area contributed by atoms with Gasteiger partial charge < -0.3 is 4.90 Å². The van der Waals surface area contributed by atoms with E-state index in [1.54, 1.807) is 0 Å². The Morgan fingerprint density at radius 1 is 1.35 bits per heavy atom. The van der Waals surface area contributed by atoms with E-state index in [4.69, 9.17) is 11.6 Å². The first-order valence-electron chi connectivity index (χ1n) is 6.26. The van der Waals surface area contributed by atoms with Gasteiger partial charge in [-0.3, -0.25) is 0 Å². The van der Waals surface area contributed by atoms with Crippen molar-refractivity contribution in [3.8, 4) is 0 Å². The van der Waals surface area contributed by atoms with Gasteiger partial charge in [0.15, 0.2) is 0 Å². The van der Waals surface area contributed by atoms with E-state index >= 15 is 0 Å². The molecule has 1 nitrogen and oxygen atoms in total. The lowest BCUT2D eigenvalue weighted by Crippen LogP contribution is -2.24. The van der Waals surface area contributed by atoms with Gasteiger partial charge in [-0.05, 0) is 36.5 Å². The number of anilines is 1. The molecule has 0 heterocycles. The largest absolute Gasteiger partial charge is 0.373 e. The van der Waals surface area contributed by atoms with Crippen molar-refractivity contribution in [1.29, 1.82) is 0 Å². The van der Waals surface area contributed by atoms with E-state index in [1.165, 1.54) is 31.2 Å². The van der Waals surface area contributed by atoms with Gasteiger partial charge in [-0.1, -0.05) is 46.4 Å². The summed E-state index contributed by atoms with van der Waals surface area (Å²) in [7, 11) is 2.15. The van der Waals surface area contributed by atoms with Crippen LogP contribution in [-0.2, 0) is 5.33 Å². The Kier molecular flexibility index (Phi) is 4.75. The minimum atomic E-state index is 0.854. The topological polar surface area (TPSA) is 3.24 Å². The molecule has 1 saturated carbocycles. The highest BCUT2D eigenvalue weighted by molar-refractivity contribution is 9.08. The minimum absolute atomic E-state index is 0.854. The normalized spacial score (nSPS) is 16.4. The predicted octanol–water partition coefficient (Wildman–Crippen LogP) is 4.86. The molecular formula is C14H19BrClN. The van der Waals surface area contributed by atoms with Crippen LogP contribution in [0, 0.1) is 5.92 Å². The molecule has 0 radical (unpaired) electrons. The summed E-state index contributed by atoms with van der Waals surface area (Å²) in [5.41, 5.74) is 2.39. The van der Waals surface area contributed by atoms with E-state index in [1.807, 2.05) is 0 Å². The lowest BCUT2D eigenvalue weighted by Gasteiger charge is -2.24. The van der Waals surface area contributed by atoms with Gasteiger partial charge in [-0.15, -0.1) is 0 Å². The van der Waals surface area contributed by atoms with Crippen molar-refractivity contribution in [1.82, 2.24) is 0 Å². The summed E-state index contributed by atoms with van der Waals surface area (Å²) in [4.78, 5) is 2.30. The first-order chi connectivity index (χ1) is 8.20. The van der Waals surface area contributed by atoms with Crippen LogP contribution in [0.1, 0.15) is 31.2 Å². The second-order valence-electron chi connectivity index (χ2n) is 4.95. The van der Waals surface area contributed by atoms with E-state index in [-0.39, 0.29) is 0 Å². The molecule has 1 aliphatic rings. The lowest BCUT2D eigenvalue weighted by molar-refractivity contribution is 0.547. The molecule has 0 amide bonds. The number of alkyl halides is 1. The number of benzene rings is 1. The summed E-state index contributed by atoms with van der Waals surface area (Å²) in [6.07, 6.45) is 5.55. The number of hydrogen-bond acceptors (Lipinski definition) is 1. The monoisotopic (exact) mass is 315 g/mol. The molecule has 0 saturated heterocycles. The SMILES string of the molecule is CN(CC1CCCC1)c1ccc(CBr)cc1Cl.